The lowest BCUT2D eigenvalue weighted by Crippen LogP contribution is -2.36. The van der Waals surface area contributed by atoms with E-state index in [4.69, 9.17) is 0 Å². The molecule has 0 radical (unpaired) electrons. The fourth-order valence-corrected chi connectivity index (χ4v) is 1.78. The molecule has 1 aromatic heterocycles. The van der Waals surface area contributed by atoms with Crippen LogP contribution in [0.3, 0.4) is 0 Å². The third-order valence-electron chi connectivity index (χ3n) is 3.16. The number of hydrogen-bond acceptors (Lipinski definition) is 2. The molecule has 0 aliphatic heterocycles. The molecule has 0 atom stereocenters. The van der Waals surface area contributed by atoms with E-state index in [1.54, 1.807) is 38.4 Å². The molecule has 0 spiro atoms. The molecule has 0 aliphatic carbocycles. The number of aliphatic carboxylic acids is 1. The Balaban J connectivity index is 2.68. The van der Waals surface area contributed by atoms with Gasteiger partial charge in [0.05, 0.1) is 5.41 Å². The highest BCUT2D eigenvalue weighted by Crippen LogP contribution is 2.30. The van der Waals surface area contributed by atoms with E-state index in [0.717, 1.165) is 0 Å². The van der Waals surface area contributed by atoms with Gasteiger partial charge in [-0.2, -0.15) is 0 Å². The van der Waals surface area contributed by atoms with Crippen LogP contribution in [0.2, 0.25) is 0 Å². The number of hydrogen-bond donors (Lipinski definition) is 2. The average Bonchev–Trinajstić information content (AvgIpc) is 2.78. The van der Waals surface area contributed by atoms with Crippen LogP contribution in [0.4, 0.5) is 0 Å². The molecule has 0 fully saturated rings. The van der Waals surface area contributed by atoms with Gasteiger partial charge < -0.3 is 5.11 Å². The lowest BCUT2D eigenvalue weighted by Gasteiger charge is -2.25. The van der Waals surface area contributed by atoms with Crippen molar-refractivity contribution in [2.75, 3.05) is 5.43 Å². The largest absolute Gasteiger partial charge is 0.481 e. The van der Waals surface area contributed by atoms with E-state index in [-0.39, 0.29) is 12.3 Å². The zero-order valence-corrected chi connectivity index (χ0v) is 10.1. The minimum absolute atomic E-state index is 0.00644. The molecule has 0 unspecified atom stereocenters. The maximum atomic E-state index is 11.8. The SMILES string of the molecule is CCC(CC)(CC(=O)Nn1cccc1)C(=O)O. The number of carboxylic acid groups (broad SMARTS) is 1. The Labute approximate surface area is 100 Å². The van der Waals surface area contributed by atoms with Crippen molar-refractivity contribution in [3.8, 4) is 0 Å². The summed E-state index contributed by atoms with van der Waals surface area (Å²) in [6.07, 6.45) is 4.26. The smallest absolute Gasteiger partial charge is 0.310 e. The van der Waals surface area contributed by atoms with Crippen molar-refractivity contribution < 1.29 is 14.7 Å². The van der Waals surface area contributed by atoms with Gasteiger partial charge >= 0.3 is 5.97 Å². The van der Waals surface area contributed by atoms with Crippen LogP contribution < -0.4 is 5.43 Å². The van der Waals surface area contributed by atoms with Gasteiger partial charge in [-0.1, -0.05) is 13.8 Å². The second kappa shape index (κ2) is 5.52. The molecule has 2 N–H and O–H groups in total. The third kappa shape index (κ3) is 3.09. The van der Waals surface area contributed by atoms with Crippen LogP contribution in [0.15, 0.2) is 24.5 Å². The van der Waals surface area contributed by atoms with Crippen LogP contribution in [0.25, 0.3) is 0 Å². The van der Waals surface area contributed by atoms with Crippen molar-refractivity contribution >= 4 is 11.9 Å². The average molecular weight is 238 g/mol. The summed E-state index contributed by atoms with van der Waals surface area (Å²) in [5.41, 5.74) is 1.65. The quantitative estimate of drug-likeness (QED) is 0.794. The van der Waals surface area contributed by atoms with Gasteiger partial charge in [-0.25, -0.2) is 0 Å². The lowest BCUT2D eigenvalue weighted by atomic mass is 9.79. The van der Waals surface area contributed by atoms with E-state index in [1.807, 2.05) is 0 Å². The van der Waals surface area contributed by atoms with Crippen molar-refractivity contribution in [1.82, 2.24) is 4.68 Å². The maximum absolute atomic E-state index is 11.8. The van der Waals surface area contributed by atoms with Gasteiger partial charge in [0.15, 0.2) is 0 Å². The summed E-state index contributed by atoms with van der Waals surface area (Å²) in [6.45, 7) is 3.58. The summed E-state index contributed by atoms with van der Waals surface area (Å²) in [5, 5.41) is 9.21. The Hall–Kier alpha value is -1.78. The van der Waals surface area contributed by atoms with Gasteiger partial charge in [-0.3, -0.25) is 19.7 Å². The second-order valence-electron chi connectivity index (χ2n) is 4.09. The summed E-state index contributed by atoms with van der Waals surface area (Å²) < 4.78 is 1.51. The Morgan fingerprint density at radius 3 is 2.18 bits per heavy atom. The molecule has 1 heterocycles. The predicted octanol–water partition coefficient (Wildman–Crippen LogP) is 1.84. The molecule has 0 bridgehead atoms. The number of nitrogens with zero attached hydrogens (tertiary/aromatic N) is 1. The highest BCUT2D eigenvalue weighted by atomic mass is 16.4. The van der Waals surface area contributed by atoms with E-state index in [2.05, 4.69) is 5.43 Å². The van der Waals surface area contributed by atoms with Gasteiger partial charge in [0, 0.05) is 18.8 Å². The first-order valence-electron chi connectivity index (χ1n) is 5.70. The number of nitrogens with one attached hydrogen (secondary N) is 1. The topological polar surface area (TPSA) is 71.3 Å². The molecule has 1 aromatic rings. The first-order valence-corrected chi connectivity index (χ1v) is 5.70. The molecule has 0 saturated carbocycles. The molecule has 17 heavy (non-hydrogen) atoms. The number of amides is 1. The van der Waals surface area contributed by atoms with Crippen LogP contribution in [0.5, 0.6) is 0 Å². The van der Waals surface area contributed by atoms with E-state index in [0.29, 0.717) is 12.8 Å². The summed E-state index contributed by atoms with van der Waals surface area (Å²) in [5.74, 6) is -1.20. The lowest BCUT2D eigenvalue weighted by molar-refractivity contribution is -0.151. The number of carboxylic acids is 1. The maximum Gasteiger partial charge on any atom is 0.310 e. The molecule has 0 aliphatic rings. The predicted molar refractivity (Wildman–Crippen MR) is 64.1 cm³/mol. The molecule has 0 saturated heterocycles. The summed E-state index contributed by atoms with van der Waals surface area (Å²) >= 11 is 0. The molecule has 0 aromatic carbocycles. The van der Waals surface area contributed by atoms with Crippen LogP contribution in [-0.4, -0.2) is 21.7 Å². The van der Waals surface area contributed by atoms with Crippen molar-refractivity contribution in [2.45, 2.75) is 33.1 Å². The van der Waals surface area contributed by atoms with Gasteiger partial charge in [0.25, 0.3) is 0 Å². The number of aromatic nitrogens is 1. The van der Waals surface area contributed by atoms with Gasteiger partial charge in [-0.15, -0.1) is 0 Å². The third-order valence-corrected chi connectivity index (χ3v) is 3.16. The Bertz CT molecular complexity index is 380. The summed E-state index contributed by atoms with van der Waals surface area (Å²) in [7, 11) is 0. The molecule has 1 amide bonds. The van der Waals surface area contributed by atoms with Crippen molar-refractivity contribution in [3.63, 3.8) is 0 Å². The van der Waals surface area contributed by atoms with Crippen LogP contribution >= 0.6 is 0 Å². The molecular formula is C12H18N2O3. The highest BCUT2D eigenvalue weighted by Gasteiger charge is 2.37. The number of rotatable bonds is 6. The summed E-state index contributed by atoms with van der Waals surface area (Å²) in [4.78, 5) is 23.0. The van der Waals surface area contributed by atoms with Crippen molar-refractivity contribution in [1.29, 1.82) is 0 Å². The minimum atomic E-state index is -0.961. The number of carbonyl (C=O) groups excluding carboxylic acids is 1. The zero-order valence-electron chi connectivity index (χ0n) is 10.1. The fourth-order valence-electron chi connectivity index (χ4n) is 1.78. The fraction of sp³-hybridized carbons (Fsp3) is 0.500. The monoisotopic (exact) mass is 238 g/mol. The van der Waals surface area contributed by atoms with Crippen LogP contribution in [0, 0.1) is 5.41 Å². The van der Waals surface area contributed by atoms with E-state index >= 15 is 0 Å². The highest BCUT2D eigenvalue weighted by molar-refractivity contribution is 5.89. The minimum Gasteiger partial charge on any atom is -0.481 e. The second-order valence-corrected chi connectivity index (χ2v) is 4.09. The standard InChI is InChI=1S/C12H18N2O3/c1-3-12(4-2,11(16)17)9-10(15)13-14-7-5-6-8-14/h5-8H,3-4,9H2,1-2H3,(H,13,15)(H,16,17). The van der Waals surface area contributed by atoms with Crippen LogP contribution in [0.1, 0.15) is 33.1 Å². The van der Waals surface area contributed by atoms with Gasteiger partial charge in [-0.05, 0) is 25.0 Å². The van der Waals surface area contributed by atoms with Gasteiger partial charge in [0.2, 0.25) is 5.91 Å². The van der Waals surface area contributed by atoms with Crippen molar-refractivity contribution in [3.05, 3.63) is 24.5 Å². The van der Waals surface area contributed by atoms with E-state index in [9.17, 15) is 14.7 Å². The number of carbonyl (C=O) groups is 2. The molecule has 5 heteroatoms. The first-order chi connectivity index (χ1) is 8.04. The Morgan fingerprint density at radius 2 is 1.76 bits per heavy atom. The van der Waals surface area contributed by atoms with E-state index < -0.39 is 11.4 Å². The Morgan fingerprint density at radius 1 is 1.24 bits per heavy atom. The molecule has 5 nitrogen and oxygen atoms in total. The zero-order chi connectivity index (χ0) is 12.9. The normalized spacial score (nSPS) is 11.2. The molecule has 94 valence electrons. The summed E-state index contributed by atoms with van der Waals surface area (Å²) in [6, 6.07) is 3.56. The van der Waals surface area contributed by atoms with Gasteiger partial charge in [0.1, 0.15) is 0 Å². The Kier molecular flexibility index (Phi) is 4.31. The van der Waals surface area contributed by atoms with E-state index in [1.165, 1.54) is 4.68 Å². The van der Waals surface area contributed by atoms with Crippen molar-refractivity contribution in [2.24, 2.45) is 5.41 Å². The molecular weight excluding hydrogens is 220 g/mol. The van der Waals surface area contributed by atoms with Crippen LogP contribution in [-0.2, 0) is 9.59 Å². The molecule has 1 rings (SSSR count). The first kappa shape index (κ1) is 13.3.